The maximum atomic E-state index is 12.8. The Hall–Kier alpha value is -3.53. The van der Waals surface area contributed by atoms with Crippen molar-refractivity contribution in [1.29, 1.82) is 0 Å². The summed E-state index contributed by atoms with van der Waals surface area (Å²) in [5.74, 6) is 0.712. The molecule has 0 amide bonds. The van der Waals surface area contributed by atoms with Crippen molar-refractivity contribution in [2.75, 3.05) is 0 Å². The standard InChI is InChI=1S/C24H20F3N5OS/c25-24(26,27)18-10-8-17(9-11-18)16-6-4-15(5-7-16)12-31-14-28-30-21(31)13-32-20-3-1-2-19(20)22(33)29-23(32)34/h4-11,14H,1-3,12-13H2,(H,29,33,34). The lowest BCUT2D eigenvalue weighted by Crippen LogP contribution is -2.22. The van der Waals surface area contributed by atoms with Crippen LogP contribution in [-0.2, 0) is 32.1 Å². The van der Waals surface area contributed by atoms with Crippen LogP contribution in [0, 0.1) is 4.77 Å². The van der Waals surface area contributed by atoms with Crippen LogP contribution in [0.5, 0.6) is 0 Å². The van der Waals surface area contributed by atoms with Crippen molar-refractivity contribution in [3.63, 3.8) is 0 Å². The Morgan fingerprint density at radius 1 is 0.971 bits per heavy atom. The molecule has 34 heavy (non-hydrogen) atoms. The highest BCUT2D eigenvalue weighted by atomic mass is 32.1. The number of hydrogen-bond acceptors (Lipinski definition) is 4. The highest BCUT2D eigenvalue weighted by Gasteiger charge is 2.30. The van der Waals surface area contributed by atoms with Crippen LogP contribution in [0.3, 0.4) is 0 Å². The Labute approximate surface area is 197 Å². The van der Waals surface area contributed by atoms with E-state index in [-0.39, 0.29) is 5.56 Å². The van der Waals surface area contributed by atoms with Crippen LogP contribution in [0.25, 0.3) is 11.1 Å². The summed E-state index contributed by atoms with van der Waals surface area (Å²) in [6.07, 6.45) is -0.219. The summed E-state index contributed by atoms with van der Waals surface area (Å²) in [7, 11) is 0. The molecule has 0 radical (unpaired) electrons. The first-order valence-corrected chi connectivity index (χ1v) is 11.2. The lowest BCUT2D eigenvalue weighted by molar-refractivity contribution is -0.137. The molecule has 0 bridgehead atoms. The minimum absolute atomic E-state index is 0.108. The number of aromatic amines is 1. The minimum atomic E-state index is -4.35. The lowest BCUT2D eigenvalue weighted by atomic mass is 10.0. The Morgan fingerprint density at radius 3 is 2.32 bits per heavy atom. The number of nitrogens with one attached hydrogen (secondary N) is 1. The van der Waals surface area contributed by atoms with Gasteiger partial charge in [0, 0.05) is 11.3 Å². The van der Waals surface area contributed by atoms with Crippen molar-refractivity contribution in [3.05, 3.63) is 98.2 Å². The molecule has 0 saturated heterocycles. The molecule has 174 valence electrons. The Morgan fingerprint density at radius 2 is 1.65 bits per heavy atom. The molecule has 1 aliphatic carbocycles. The number of benzene rings is 2. The van der Waals surface area contributed by atoms with Crippen molar-refractivity contribution in [3.8, 4) is 11.1 Å². The van der Waals surface area contributed by atoms with E-state index >= 15 is 0 Å². The first-order valence-electron chi connectivity index (χ1n) is 10.8. The molecule has 6 nitrogen and oxygen atoms in total. The molecule has 1 N–H and O–H groups in total. The zero-order chi connectivity index (χ0) is 23.9. The fraction of sp³-hybridized carbons (Fsp3) is 0.250. The number of aromatic nitrogens is 5. The van der Waals surface area contributed by atoms with Crippen LogP contribution in [0.1, 0.15) is 34.6 Å². The molecule has 0 atom stereocenters. The van der Waals surface area contributed by atoms with E-state index in [0.717, 1.165) is 53.8 Å². The van der Waals surface area contributed by atoms with Gasteiger partial charge in [0.25, 0.3) is 5.56 Å². The summed E-state index contributed by atoms with van der Waals surface area (Å²) in [4.78, 5) is 14.9. The van der Waals surface area contributed by atoms with E-state index in [1.165, 1.54) is 12.1 Å². The molecule has 0 unspecified atom stereocenters. The lowest BCUT2D eigenvalue weighted by Gasteiger charge is -2.13. The third-order valence-electron chi connectivity index (χ3n) is 6.10. The van der Waals surface area contributed by atoms with E-state index in [4.69, 9.17) is 12.2 Å². The highest BCUT2D eigenvalue weighted by molar-refractivity contribution is 7.71. The number of hydrogen-bond donors (Lipinski definition) is 1. The second-order valence-corrected chi connectivity index (χ2v) is 8.66. The quantitative estimate of drug-likeness (QED) is 0.416. The normalized spacial score (nSPS) is 13.3. The van der Waals surface area contributed by atoms with Crippen molar-refractivity contribution < 1.29 is 13.2 Å². The van der Waals surface area contributed by atoms with E-state index in [0.29, 0.717) is 29.2 Å². The number of halogens is 3. The van der Waals surface area contributed by atoms with Gasteiger partial charge >= 0.3 is 6.18 Å². The molecule has 0 fully saturated rings. The first kappa shape index (κ1) is 22.3. The predicted octanol–water partition coefficient (Wildman–Crippen LogP) is 4.77. The third kappa shape index (κ3) is 4.33. The maximum absolute atomic E-state index is 12.8. The summed E-state index contributed by atoms with van der Waals surface area (Å²) >= 11 is 5.40. The molecular formula is C24H20F3N5OS. The Bertz CT molecular complexity index is 1450. The SMILES string of the molecule is O=c1[nH]c(=S)n(Cc2nncn2Cc2ccc(-c3ccc(C(F)(F)F)cc3)cc2)c2c1CCC2. The molecule has 0 spiro atoms. The summed E-state index contributed by atoms with van der Waals surface area (Å²) < 4.78 is 42.6. The maximum Gasteiger partial charge on any atom is 0.416 e. The summed E-state index contributed by atoms with van der Waals surface area (Å²) in [5.41, 5.74) is 3.52. The topological polar surface area (TPSA) is 68.5 Å². The van der Waals surface area contributed by atoms with Crippen LogP contribution < -0.4 is 5.56 Å². The van der Waals surface area contributed by atoms with E-state index in [1.807, 2.05) is 33.4 Å². The van der Waals surface area contributed by atoms with Crippen molar-refractivity contribution in [2.45, 2.75) is 38.5 Å². The highest BCUT2D eigenvalue weighted by Crippen LogP contribution is 2.31. The van der Waals surface area contributed by atoms with Gasteiger partial charge in [-0.25, -0.2) is 0 Å². The van der Waals surface area contributed by atoms with Crippen LogP contribution in [0.4, 0.5) is 13.2 Å². The summed E-state index contributed by atoms with van der Waals surface area (Å²) in [5, 5.41) is 8.30. The number of H-pyrrole nitrogens is 1. The zero-order valence-corrected chi connectivity index (χ0v) is 18.8. The summed E-state index contributed by atoms with van der Waals surface area (Å²) in [6, 6.07) is 12.8. The predicted molar refractivity (Wildman–Crippen MR) is 123 cm³/mol. The fourth-order valence-electron chi connectivity index (χ4n) is 4.33. The van der Waals surface area contributed by atoms with Gasteiger partial charge in [-0.05, 0) is 60.3 Å². The molecule has 2 aromatic heterocycles. The van der Waals surface area contributed by atoms with Gasteiger partial charge in [-0.15, -0.1) is 10.2 Å². The van der Waals surface area contributed by atoms with Crippen LogP contribution in [-0.4, -0.2) is 24.3 Å². The van der Waals surface area contributed by atoms with Gasteiger partial charge in [-0.2, -0.15) is 13.2 Å². The van der Waals surface area contributed by atoms with Crippen molar-refractivity contribution >= 4 is 12.2 Å². The molecule has 2 aromatic carbocycles. The third-order valence-corrected chi connectivity index (χ3v) is 6.42. The van der Waals surface area contributed by atoms with Crippen LogP contribution in [0.15, 0.2) is 59.7 Å². The van der Waals surface area contributed by atoms with Crippen molar-refractivity contribution in [2.24, 2.45) is 0 Å². The average molecular weight is 484 g/mol. The van der Waals surface area contributed by atoms with Crippen molar-refractivity contribution in [1.82, 2.24) is 24.3 Å². The summed E-state index contributed by atoms with van der Waals surface area (Å²) in [6.45, 7) is 0.927. The van der Waals surface area contributed by atoms with Crippen LogP contribution in [0.2, 0.25) is 0 Å². The molecule has 1 aliphatic rings. The molecule has 2 heterocycles. The van der Waals surface area contributed by atoms with Gasteiger partial charge in [-0.3, -0.25) is 9.78 Å². The zero-order valence-electron chi connectivity index (χ0n) is 18.0. The van der Waals surface area contributed by atoms with Gasteiger partial charge in [0.15, 0.2) is 10.6 Å². The number of nitrogens with zero attached hydrogens (tertiary/aromatic N) is 4. The molecule has 0 saturated carbocycles. The second kappa shape index (κ2) is 8.68. The monoisotopic (exact) mass is 483 g/mol. The van der Waals surface area contributed by atoms with Gasteiger partial charge in [0.1, 0.15) is 6.33 Å². The molecule has 10 heteroatoms. The van der Waals surface area contributed by atoms with Gasteiger partial charge in [-0.1, -0.05) is 36.4 Å². The van der Waals surface area contributed by atoms with Crippen LogP contribution >= 0.6 is 12.2 Å². The fourth-order valence-corrected chi connectivity index (χ4v) is 4.59. The molecule has 5 rings (SSSR count). The minimum Gasteiger partial charge on any atom is -0.314 e. The first-order chi connectivity index (χ1) is 16.3. The second-order valence-electron chi connectivity index (χ2n) is 8.27. The molecule has 4 aromatic rings. The number of rotatable bonds is 5. The van der Waals surface area contributed by atoms with E-state index < -0.39 is 11.7 Å². The smallest absolute Gasteiger partial charge is 0.314 e. The van der Waals surface area contributed by atoms with Gasteiger partial charge < -0.3 is 9.13 Å². The molecule has 0 aliphatic heterocycles. The average Bonchev–Trinajstić information content (AvgIpc) is 3.47. The van der Waals surface area contributed by atoms with Gasteiger partial charge in [0.05, 0.1) is 18.7 Å². The van der Waals surface area contributed by atoms with E-state index in [1.54, 1.807) is 6.33 Å². The number of alkyl halides is 3. The number of fused-ring (bicyclic) bond motifs is 1. The Kier molecular flexibility index (Phi) is 5.68. The Balaban J connectivity index is 1.35. The largest absolute Gasteiger partial charge is 0.416 e. The molecular weight excluding hydrogens is 463 g/mol. The van der Waals surface area contributed by atoms with E-state index in [9.17, 15) is 18.0 Å². The van der Waals surface area contributed by atoms with E-state index in [2.05, 4.69) is 15.2 Å². The van der Waals surface area contributed by atoms with Gasteiger partial charge in [0.2, 0.25) is 0 Å².